The minimum absolute atomic E-state index is 0.0566. The van der Waals surface area contributed by atoms with Crippen molar-refractivity contribution in [1.82, 2.24) is 4.98 Å². The normalized spacial score (nSPS) is 10.9. The van der Waals surface area contributed by atoms with Gasteiger partial charge in [-0.15, -0.1) is 11.3 Å². The van der Waals surface area contributed by atoms with E-state index in [0.717, 1.165) is 0 Å². The van der Waals surface area contributed by atoms with Crippen molar-refractivity contribution in [3.63, 3.8) is 0 Å². The lowest BCUT2D eigenvalue weighted by molar-refractivity contribution is -0.112. The summed E-state index contributed by atoms with van der Waals surface area (Å²) in [5.74, 6) is -1.50. The summed E-state index contributed by atoms with van der Waals surface area (Å²) < 4.78 is 0. The number of carbonyl (C=O) groups is 1. The van der Waals surface area contributed by atoms with Gasteiger partial charge in [0.1, 0.15) is 11.6 Å². The molecule has 0 atom stereocenters. The molecule has 5 N–H and O–H groups in total. The van der Waals surface area contributed by atoms with Crippen LogP contribution in [0.1, 0.15) is 5.56 Å². The number of carbonyl (C=O) groups excluding carboxylic acids is 1. The van der Waals surface area contributed by atoms with Crippen molar-refractivity contribution in [3.05, 3.63) is 34.8 Å². The molecule has 0 saturated heterocycles. The van der Waals surface area contributed by atoms with Crippen LogP contribution in [0.15, 0.2) is 29.3 Å². The summed E-state index contributed by atoms with van der Waals surface area (Å²) in [6.45, 7) is 0. The Morgan fingerprint density at radius 2 is 2.24 bits per heavy atom. The van der Waals surface area contributed by atoms with Gasteiger partial charge in [-0.2, -0.15) is 5.26 Å². The van der Waals surface area contributed by atoms with Crippen molar-refractivity contribution in [2.24, 2.45) is 0 Å². The average molecular weight is 302 g/mol. The number of nitrogens with zero attached hydrogens (tertiary/aromatic N) is 2. The summed E-state index contributed by atoms with van der Waals surface area (Å²) in [4.78, 5) is 15.8. The summed E-state index contributed by atoms with van der Waals surface area (Å²) in [6, 6.07) is 4.29. The molecule has 0 unspecified atom stereocenters. The molecule has 7 nitrogen and oxygen atoms in total. The Morgan fingerprint density at radius 1 is 1.48 bits per heavy atom. The number of rotatable bonds is 3. The van der Waals surface area contributed by atoms with E-state index in [0.29, 0.717) is 10.7 Å². The van der Waals surface area contributed by atoms with E-state index >= 15 is 0 Å². The fourth-order valence-corrected chi connectivity index (χ4v) is 2.04. The molecule has 2 rings (SSSR count). The van der Waals surface area contributed by atoms with Gasteiger partial charge in [-0.1, -0.05) is 0 Å². The Labute approximate surface area is 123 Å². The van der Waals surface area contributed by atoms with Gasteiger partial charge >= 0.3 is 0 Å². The first kappa shape index (κ1) is 14.4. The van der Waals surface area contributed by atoms with Crippen molar-refractivity contribution in [2.45, 2.75) is 0 Å². The van der Waals surface area contributed by atoms with Crippen LogP contribution in [0.2, 0.25) is 0 Å². The Balaban J connectivity index is 2.29. The Kier molecular flexibility index (Phi) is 4.06. The van der Waals surface area contributed by atoms with Crippen molar-refractivity contribution in [2.75, 3.05) is 11.1 Å². The van der Waals surface area contributed by atoms with Crippen LogP contribution in [-0.2, 0) is 4.79 Å². The lowest BCUT2D eigenvalue weighted by Crippen LogP contribution is -2.13. The smallest absolute Gasteiger partial charge is 0.268 e. The van der Waals surface area contributed by atoms with Gasteiger partial charge in [-0.25, -0.2) is 4.98 Å². The van der Waals surface area contributed by atoms with Crippen molar-refractivity contribution < 1.29 is 15.0 Å². The van der Waals surface area contributed by atoms with E-state index in [4.69, 9.17) is 11.0 Å². The SMILES string of the molecule is N#C/C(=C\c1cc(N)c(O)c(O)c1)C(=O)Nc1nccs1. The fourth-order valence-electron chi connectivity index (χ4n) is 1.51. The first-order valence-corrected chi connectivity index (χ1v) is 6.53. The fraction of sp³-hybridized carbons (Fsp3) is 0. The average Bonchev–Trinajstić information content (AvgIpc) is 2.94. The summed E-state index contributed by atoms with van der Waals surface area (Å²) >= 11 is 1.22. The van der Waals surface area contributed by atoms with E-state index < -0.39 is 17.4 Å². The van der Waals surface area contributed by atoms with Crippen LogP contribution in [-0.4, -0.2) is 21.1 Å². The summed E-state index contributed by atoms with van der Waals surface area (Å²) in [5.41, 5.74) is 5.56. The molecule has 0 radical (unpaired) electrons. The van der Waals surface area contributed by atoms with Gasteiger partial charge in [0.2, 0.25) is 0 Å². The number of phenolic OH excluding ortho intramolecular Hbond substituents is 2. The molecular formula is C13H10N4O3S. The summed E-state index contributed by atoms with van der Waals surface area (Å²) in [7, 11) is 0. The second-order valence-corrected chi connectivity index (χ2v) is 4.83. The van der Waals surface area contributed by atoms with Crippen LogP contribution in [0.25, 0.3) is 6.08 Å². The highest BCUT2D eigenvalue weighted by Gasteiger charge is 2.12. The van der Waals surface area contributed by atoms with Gasteiger partial charge in [0, 0.05) is 11.6 Å². The maximum atomic E-state index is 11.9. The molecule has 2 aromatic rings. The molecule has 0 aliphatic heterocycles. The second-order valence-electron chi connectivity index (χ2n) is 3.94. The van der Waals surface area contributed by atoms with Crippen LogP contribution in [0.4, 0.5) is 10.8 Å². The third kappa shape index (κ3) is 3.29. The van der Waals surface area contributed by atoms with Crippen molar-refractivity contribution in [1.29, 1.82) is 5.26 Å². The van der Waals surface area contributed by atoms with E-state index in [2.05, 4.69) is 10.3 Å². The van der Waals surface area contributed by atoms with Crippen molar-refractivity contribution >= 4 is 34.1 Å². The maximum Gasteiger partial charge on any atom is 0.268 e. The Hall–Kier alpha value is -3.05. The number of nitrogens with two attached hydrogens (primary N) is 1. The molecule has 0 aliphatic rings. The quantitative estimate of drug-likeness (QED) is 0.295. The highest BCUT2D eigenvalue weighted by molar-refractivity contribution is 7.13. The number of phenols is 2. The lowest BCUT2D eigenvalue weighted by Gasteiger charge is -2.04. The number of nitrogens with one attached hydrogen (secondary N) is 1. The summed E-state index contributed by atoms with van der Waals surface area (Å²) in [5, 5.41) is 32.4. The molecule has 0 spiro atoms. The molecule has 21 heavy (non-hydrogen) atoms. The van der Waals surface area contributed by atoms with Gasteiger partial charge < -0.3 is 15.9 Å². The third-order valence-electron chi connectivity index (χ3n) is 2.47. The number of thiazole rings is 1. The molecule has 0 bridgehead atoms. The van der Waals surface area contributed by atoms with Gasteiger partial charge in [-0.3, -0.25) is 10.1 Å². The van der Waals surface area contributed by atoms with Crippen LogP contribution in [0, 0.1) is 11.3 Å². The molecule has 106 valence electrons. The number of benzene rings is 1. The molecule has 1 aromatic heterocycles. The van der Waals surface area contributed by atoms with E-state index in [-0.39, 0.29) is 11.3 Å². The molecule has 0 aliphatic carbocycles. The molecule has 8 heteroatoms. The first-order chi connectivity index (χ1) is 10.0. The number of hydrogen-bond donors (Lipinski definition) is 4. The monoisotopic (exact) mass is 302 g/mol. The lowest BCUT2D eigenvalue weighted by atomic mass is 10.1. The predicted octanol–water partition coefficient (Wildman–Crippen LogP) is 1.68. The van der Waals surface area contributed by atoms with Crippen LogP contribution in [0.5, 0.6) is 11.5 Å². The van der Waals surface area contributed by atoms with Crippen LogP contribution in [0.3, 0.4) is 0 Å². The minimum atomic E-state index is -0.626. The van der Waals surface area contributed by atoms with E-state index in [1.54, 1.807) is 11.4 Å². The van der Waals surface area contributed by atoms with Gasteiger partial charge in [0.05, 0.1) is 5.69 Å². The predicted molar refractivity (Wildman–Crippen MR) is 78.5 cm³/mol. The Bertz CT molecular complexity index is 724. The highest BCUT2D eigenvalue weighted by atomic mass is 32.1. The van der Waals surface area contributed by atoms with Gasteiger partial charge in [0.25, 0.3) is 5.91 Å². The van der Waals surface area contributed by atoms with E-state index in [9.17, 15) is 15.0 Å². The van der Waals surface area contributed by atoms with Gasteiger partial charge in [0.15, 0.2) is 16.6 Å². The standard InChI is InChI=1S/C13H10N4O3S/c14-6-8(12(20)17-13-16-1-2-21-13)3-7-4-9(15)11(19)10(18)5-7/h1-5,18-19H,15H2,(H,16,17,20)/b8-3+. The van der Waals surface area contributed by atoms with E-state index in [1.807, 2.05) is 0 Å². The number of amides is 1. The second kappa shape index (κ2) is 5.94. The van der Waals surface area contributed by atoms with Gasteiger partial charge in [-0.05, 0) is 23.8 Å². The molecular weight excluding hydrogens is 292 g/mol. The zero-order valence-electron chi connectivity index (χ0n) is 10.6. The topological polar surface area (TPSA) is 132 Å². The molecule has 1 amide bonds. The minimum Gasteiger partial charge on any atom is -0.504 e. The Morgan fingerprint density at radius 3 is 2.81 bits per heavy atom. The maximum absolute atomic E-state index is 11.9. The van der Waals surface area contributed by atoms with Crippen LogP contribution >= 0.6 is 11.3 Å². The highest BCUT2D eigenvalue weighted by Crippen LogP contribution is 2.33. The number of anilines is 2. The number of aromatic nitrogens is 1. The van der Waals surface area contributed by atoms with Crippen LogP contribution < -0.4 is 11.1 Å². The zero-order chi connectivity index (χ0) is 15.4. The molecule has 0 saturated carbocycles. The zero-order valence-corrected chi connectivity index (χ0v) is 11.4. The molecule has 1 aromatic carbocycles. The number of aromatic hydroxyl groups is 2. The van der Waals surface area contributed by atoms with E-state index in [1.165, 1.54) is 35.7 Å². The molecule has 1 heterocycles. The number of hydrogen-bond acceptors (Lipinski definition) is 7. The number of nitrogen functional groups attached to an aromatic ring is 1. The van der Waals surface area contributed by atoms with Crippen molar-refractivity contribution in [3.8, 4) is 17.6 Å². The first-order valence-electron chi connectivity index (χ1n) is 5.65. The summed E-state index contributed by atoms with van der Waals surface area (Å²) in [6.07, 6.45) is 2.77. The third-order valence-corrected chi connectivity index (χ3v) is 3.16. The largest absolute Gasteiger partial charge is 0.504 e. The molecule has 0 fully saturated rings. The number of nitriles is 1.